The number of alkyl carbamates (subject to hydrolysis) is 1. The molecule has 314 valence electrons. The van der Waals surface area contributed by atoms with Crippen LogP contribution in [0.15, 0.2) is 30.4 Å². The molecule has 7 atom stereocenters. The normalized spacial score (nSPS) is 29.8. The minimum atomic E-state index is -4.95. The molecule has 0 bridgehead atoms. The third kappa shape index (κ3) is 8.50. The number of halogens is 4. The maximum atomic E-state index is 14.6. The van der Waals surface area contributed by atoms with Gasteiger partial charge in [-0.05, 0) is 82.4 Å². The van der Waals surface area contributed by atoms with Gasteiger partial charge in [0.25, 0.3) is 5.91 Å². The van der Waals surface area contributed by atoms with Gasteiger partial charge in [-0.25, -0.2) is 22.4 Å². The highest BCUT2D eigenvalue weighted by Gasteiger charge is 2.64. The minimum absolute atomic E-state index is 0.00731. The number of carbonyl (C=O) groups excluding carboxylic acids is 5. The second-order valence-corrected chi connectivity index (χ2v) is 18.3. The summed E-state index contributed by atoms with van der Waals surface area (Å²) in [5.74, 6) is -4.59. The lowest BCUT2D eigenvalue weighted by Crippen LogP contribution is -2.60. The Balaban J connectivity index is 1.31. The van der Waals surface area contributed by atoms with Crippen molar-refractivity contribution in [3.8, 4) is 11.5 Å². The predicted octanol–water partition coefficient (Wildman–Crippen LogP) is 3.81. The van der Waals surface area contributed by atoms with Gasteiger partial charge >= 0.3 is 18.2 Å². The molecule has 2 saturated carbocycles. The van der Waals surface area contributed by atoms with Gasteiger partial charge in [-0.3, -0.25) is 19.1 Å². The highest BCUT2D eigenvalue weighted by Crippen LogP contribution is 2.48. The molecule has 4 amide bonds. The molecular formula is C37H46F4N4O11S. The number of fused-ring (bicyclic) bond motifs is 3. The Morgan fingerprint density at radius 2 is 1.77 bits per heavy atom. The van der Waals surface area contributed by atoms with Crippen molar-refractivity contribution >= 4 is 39.8 Å². The van der Waals surface area contributed by atoms with Crippen LogP contribution in [0.2, 0.25) is 0 Å². The van der Waals surface area contributed by atoms with E-state index >= 15 is 0 Å². The number of esters is 1. The Hall–Kier alpha value is -4.62. The quantitative estimate of drug-likeness (QED) is 0.196. The Kier molecular flexibility index (Phi) is 11.3. The fourth-order valence-corrected chi connectivity index (χ4v) is 8.87. The molecule has 0 radical (unpaired) electrons. The van der Waals surface area contributed by atoms with Crippen molar-refractivity contribution in [3.05, 3.63) is 35.9 Å². The number of nitrogens with one attached hydrogen (secondary N) is 3. The van der Waals surface area contributed by atoms with Crippen LogP contribution in [0.5, 0.6) is 11.5 Å². The summed E-state index contributed by atoms with van der Waals surface area (Å²) in [6, 6.07) is 1.29. The molecule has 20 heteroatoms. The highest BCUT2D eigenvalue weighted by molar-refractivity contribution is 7.91. The van der Waals surface area contributed by atoms with Crippen molar-refractivity contribution in [1.82, 2.24) is 20.3 Å². The van der Waals surface area contributed by atoms with Gasteiger partial charge in [0, 0.05) is 12.3 Å². The summed E-state index contributed by atoms with van der Waals surface area (Å²) in [5.41, 5.74) is -4.69. The number of sulfonamides is 1. The van der Waals surface area contributed by atoms with Crippen LogP contribution >= 0.6 is 0 Å². The molecular weight excluding hydrogens is 784 g/mol. The highest BCUT2D eigenvalue weighted by atomic mass is 32.2. The third-order valence-electron chi connectivity index (χ3n) is 11.5. The van der Waals surface area contributed by atoms with Crippen LogP contribution in [0.25, 0.3) is 0 Å². The van der Waals surface area contributed by atoms with E-state index in [1.54, 1.807) is 19.1 Å². The first kappa shape index (κ1) is 42.0. The zero-order valence-electron chi connectivity index (χ0n) is 31.8. The van der Waals surface area contributed by atoms with Crippen molar-refractivity contribution < 1.29 is 68.9 Å². The molecule has 3 N–H and O–H groups in total. The first-order valence-corrected chi connectivity index (χ1v) is 20.2. The summed E-state index contributed by atoms with van der Waals surface area (Å²) < 4.78 is 102. The minimum Gasteiger partial charge on any atom is -0.457 e. The average Bonchev–Trinajstić information content (AvgIpc) is 3.96. The van der Waals surface area contributed by atoms with Crippen molar-refractivity contribution in [2.75, 3.05) is 20.0 Å². The zero-order chi connectivity index (χ0) is 41.7. The lowest BCUT2D eigenvalue weighted by Gasteiger charge is -2.34. The molecule has 15 nitrogen and oxygen atoms in total. The fourth-order valence-electron chi connectivity index (χ4n) is 7.44. The van der Waals surface area contributed by atoms with Crippen LogP contribution in [-0.2, 0) is 33.9 Å². The number of nitrogens with zero attached hydrogens (tertiary/aromatic N) is 1. The molecule has 3 aliphatic heterocycles. The van der Waals surface area contributed by atoms with E-state index in [9.17, 15) is 50.0 Å². The molecule has 3 heterocycles. The van der Waals surface area contributed by atoms with Crippen LogP contribution in [0.4, 0.5) is 22.4 Å². The van der Waals surface area contributed by atoms with Gasteiger partial charge in [0.15, 0.2) is 11.5 Å². The van der Waals surface area contributed by atoms with Crippen LogP contribution < -0.4 is 24.8 Å². The largest absolute Gasteiger partial charge is 0.457 e. The molecule has 0 spiro atoms. The second kappa shape index (κ2) is 15.3. The molecule has 3 fully saturated rings. The van der Waals surface area contributed by atoms with E-state index in [4.69, 9.17) is 18.9 Å². The third-order valence-corrected chi connectivity index (χ3v) is 13.6. The first-order chi connectivity index (χ1) is 26.6. The number of ether oxygens (including phenoxy) is 4. The number of benzene rings is 1. The Morgan fingerprint density at radius 1 is 1.07 bits per heavy atom. The number of allylic oxidation sites excluding steroid dienone is 1. The van der Waals surface area contributed by atoms with Gasteiger partial charge in [0.1, 0.15) is 35.1 Å². The van der Waals surface area contributed by atoms with Gasteiger partial charge in [-0.1, -0.05) is 26.0 Å². The zero-order valence-corrected chi connectivity index (χ0v) is 32.6. The van der Waals surface area contributed by atoms with Crippen molar-refractivity contribution in [1.29, 1.82) is 0 Å². The number of rotatable bonds is 8. The van der Waals surface area contributed by atoms with Gasteiger partial charge in [0.2, 0.25) is 34.2 Å². The SMILES string of the molecule is CC1CCC=CC2CC2(C(=O)NS(=O)(=O)C2(CF)CC2)NC(=O)C2CC(OC(=O)c3ccc4c(c3)OCO4)CN2C(=O)C(NC(=O)OC(C)(C)C(F)(F)F)C(C)C1. The average molecular weight is 831 g/mol. The molecule has 7 unspecified atom stereocenters. The van der Waals surface area contributed by atoms with Gasteiger partial charge < -0.3 is 34.5 Å². The standard InChI is InChI=1S/C37H46F4N4O11S/c1-20-7-5-6-8-23-16-36(23,32(49)44-57(51,52)35(18-38)11-12-35)43-29(46)25-15-24(55-31(48)22-9-10-26-27(14-22)54-19-53-26)17-45(25)30(47)28(21(2)13-20)42-33(50)56-34(3,4)37(39,40)41/h6,8-10,14,20-21,23-25,28H,5,7,11-13,15-19H2,1-4H3,(H,42,50)(H,43,46)(H,44,49). The van der Waals surface area contributed by atoms with E-state index in [2.05, 4.69) is 10.6 Å². The lowest BCUT2D eigenvalue weighted by molar-refractivity contribution is -0.244. The summed E-state index contributed by atoms with van der Waals surface area (Å²) in [4.78, 5) is 70.1. The Labute approximate surface area is 326 Å². The summed E-state index contributed by atoms with van der Waals surface area (Å²) in [6.07, 6.45) is -3.21. The Morgan fingerprint density at radius 3 is 2.44 bits per heavy atom. The molecule has 1 saturated heterocycles. The Bertz CT molecular complexity index is 1940. The number of carbonyl (C=O) groups is 5. The number of amides is 4. The van der Waals surface area contributed by atoms with Gasteiger partial charge in [-0.15, -0.1) is 0 Å². The van der Waals surface area contributed by atoms with E-state index in [0.717, 1.165) is 4.90 Å². The van der Waals surface area contributed by atoms with E-state index < -0.39 is 105 Å². The number of hydrogen-bond donors (Lipinski definition) is 3. The van der Waals surface area contributed by atoms with Crippen LogP contribution in [-0.4, -0.2) is 103 Å². The molecule has 2 aliphatic carbocycles. The molecule has 0 aromatic heterocycles. The van der Waals surface area contributed by atoms with Crippen LogP contribution in [0, 0.1) is 17.8 Å². The van der Waals surface area contributed by atoms with Crippen molar-refractivity contribution in [3.63, 3.8) is 0 Å². The fraction of sp³-hybridized carbons (Fsp3) is 0.649. The summed E-state index contributed by atoms with van der Waals surface area (Å²) in [5, 5.41) is 4.93. The summed E-state index contributed by atoms with van der Waals surface area (Å²) in [7, 11) is -4.49. The predicted molar refractivity (Wildman–Crippen MR) is 191 cm³/mol. The monoisotopic (exact) mass is 830 g/mol. The maximum absolute atomic E-state index is 14.6. The van der Waals surface area contributed by atoms with Crippen LogP contribution in [0.1, 0.15) is 83.0 Å². The van der Waals surface area contributed by atoms with Crippen molar-refractivity contribution in [2.24, 2.45) is 17.8 Å². The molecule has 57 heavy (non-hydrogen) atoms. The lowest BCUT2D eigenvalue weighted by atomic mass is 9.88. The summed E-state index contributed by atoms with van der Waals surface area (Å²) >= 11 is 0. The molecule has 5 aliphatic rings. The van der Waals surface area contributed by atoms with E-state index in [1.165, 1.54) is 18.2 Å². The maximum Gasteiger partial charge on any atom is 0.427 e. The first-order valence-electron chi connectivity index (χ1n) is 18.7. The van der Waals surface area contributed by atoms with Crippen molar-refractivity contribution in [2.45, 2.75) is 113 Å². The van der Waals surface area contributed by atoms with Gasteiger partial charge in [-0.2, -0.15) is 13.2 Å². The topological polar surface area (TPSA) is 196 Å². The second-order valence-electron chi connectivity index (χ2n) is 16.2. The molecule has 1 aromatic rings. The van der Waals surface area contributed by atoms with Crippen LogP contribution in [0.3, 0.4) is 0 Å². The van der Waals surface area contributed by atoms with E-state index in [0.29, 0.717) is 38.9 Å². The van der Waals surface area contributed by atoms with E-state index in [1.807, 2.05) is 11.6 Å². The smallest absolute Gasteiger partial charge is 0.427 e. The number of alkyl halides is 4. The molecule has 6 rings (SSSR count). The summed E-state index contributed by atoms with van der Waals surface area (Å²) in [6.45, 7) is 3.11. The van der Waals surface area contributed by atoms with E-state index in [-0.39, 0.29) is 49.7 Å². The van der Waals surface area contributed by atoms with Gasteiger partial charge in [0.05, 0.1) is 12.1 Å². The number of hydrogen-bond acceptors (Lipinski definition) is 11. The molecule has 1 aromatic carbocycles.